The Kier molecular flexibility index (Phi) is 6.80. The minimum absolute atomic E-state index is 0.0447. The summed E-state index contributed by atoms with van der Waals surface area (Å²) >= 11 is 0. The molecule has 0 bridgehead atoms. The summed E-state index contributed by atoms with van der Waals surface area (Å²) in [6, 6.07) is 9.25. The van der Waals surface area contributed by atoms with E-state index in [1.807, 2.05) is 0 Å². The highest BCUT2D eigenvalue weighted by molar-refractivity contribution is 6.04. The number of hydrogen-bond donors (Lipinski definition) is 2. The molecule has 0 fully saturated rings. The van der Waals surface area contributed by atoms with E-state index < -0.39 is 23.6 Å². The van der Waals surface area contributed by atoms with Crippen LogP contribution in [-0.2, 0) is 6.18 Å². The first-order valence-electron chi connectivity index (χ1n) is 9.56. The SMILES string of the molecule is CC(C)Oc1cc(C(=O)Nc2ccc(C(=O)O)cn2)cc(Oc2ccc(C(F)(F)F)cc2)n1. The van der Waals surface area contributed by atoms with Crippen molar-refractivity contribution >= 4 is 17.7 Å². The van der Waals surface area contributed by atoms with Gasteiger partial charge >= 0.3 is 12.1 Å². The third-order valence-corrected chi connectivity index (χ3v) is 4.05. The van der Waals surface area contributed by atoms with Crippen molar-refractivity contribution in [1.29, 1.82) is 0 Å². The van der Waals surface area contributed by atoms with Crippen LogP contribution in [0.4, 0.5) is 19.0 Å². The molecule has 3 aromatic rings. The van der Waals surface area contributed by atoms with E-state index in [0.717, 1.165) is 30.5 Å². The summed E-state index contributed by atoms with van der Waals surface area (Å²) in [7, 11) is 0. The number of nitrogens with zero attached hydrogens (tertiary/aromatic N) is 2. The molecule has 0 aliphatic carbocycles. The van der Waals surface area contributed by atoms with Crippen molar-refractivity contribution in [3.05, 3.63) is 71.4 Å². The number of carbonyl (C=O) groups excluding carboxylic acids is 1. The number of alkyl halides is 3. The van der Waals surface area contributed by atoms with Crippen molar-refractivity contribution < 1.29 is 37.3 Å². The van der Waals surface area contributed by atoms with Crippen LogP contribution >= 0.6 is 0 Å². The maximum absolute atomic E-state index is 12.8. The van der Waals surface area contributed by atoms with E-state index in [0.29, 0.717) is 0 Å². The summed E-state index contributed by atoms with van der Waals surface area (Å²) in [5, 5.41) is 11.4. The molecular weight excluding hydrogens is 443 g/mol. The van der Waals surface area contributed by atoms with E-state index in [-0.39, 0.29) is 40.6 Å². The number of aromatic carboxylic acids is 1. The van der Waals surface area contributed by atoms with Gasteiger partial charge in [-0.2, -0.15) is 18.2 Å². The quantitative estimate of drug-likeness (QED) is 0.508. The van der Waals surface area contributed by atoms with Gasteiger partial charge in [-0.1, -0.05) is 0 Å². The lowest BCUT2D eigenvalue weighted by atomic mass is 10.2. The van der Waals surface area contributed by atoms with Crippen molar-refractivity contribution in [3.63, 3.8) is 0 Å². The summed E-state index contributed by atoms with van der Waals surface area (Å²) in [6.45, 7) is 3.50. The van der Waals surface area contributed by atoms with Gasteiger partial charge in [0.1, 0.15) is 11.6 Å². The standard InChI is InChI=1S/C22H18F3N3O5/c1-12(2)32-18-9-14(20(29)27-17-8-3-13(11-26-17)21(30)31)10-19(28-18)33-16-6-4-15(5-7-16)22(23,24)25/h3-12H,1-2H3,(H,30,31)(H,26,27,29). The fourth-order valence-electron chi connectivity index (χ4n) is 2.58. The van der Waals surface area contributed by atoms with Crippen molar-refractivity contribution in [3.8, 4) is 17.5 Å². The first kappa shape index (κ1) is 23.5. The van der Waals surface area contributed by atoms with Gasteiger partial charge in [-0.15, -0.1) is 0 Å². The van der Waals surface area contributed by atoms with Gasteiger partial charge in [-0.3, -0.25) is 4.79 Å². The Hall–Kier alpha value is -4.15. The maximum atomic E-state index is 12.8. The molecule has 0 aliphatic rings. The second kappa shape index (κ2) is 9.55. The summed E-state index contributed by atoms with van der Waals surface area (Å²) in [5.74, 6) is -1.59. The van der Waals surface area contributed by atoms with Crippen LogP contribution in [0, 0.1) is 0 Å². The minimum Gasteiger partial charge on any atom is -0.478 e. The fourth-order valence-corrected chi connectivity index (χ4v) is 2.58. The van der Waals surface area contributed by atoms with Gasteiger partial charge in [0, 0.05) is 18.3 Å². The third kappa shape index (κ3) is 6.42. The lowest BCUT2D eigenvalue weighted by Crippen LogP contribution is -2.15. The number of amides is 1. The molecule has 2 N–H and O–H groups in total. The summed E-state index contributed by atoms with van der Waals surface area (Å²) in [5.41, 5.74) is -0.801. The number of carboxylic acids is 1. The number of rotatable bonds is 7. The van der Waals surface area contributed by atoms with Crippen molar-refractivity contribution in [1.82, 2.24) is 9.97 Å². The zero-order valence-electron chi connectivity index (χ0n) is 17.4. The zero-order valence-corrected chi connectivity index (χ0v) is 17.4. The molecular formula is C22H18F3N3O5. The number of aromatic nitrogens is 2. The van der Waals surface area contributed by atoms with Crippen LogP contribution in [0.2, 0.25) is 0 Å². The first-order valence-corrected chi connectivity index (χ1v) is 9.56. The van der Waals surface area contributed by atoms with E-state index in [2.05, 4.69) is 15.3 Å². The van der Waals surface area contributed by atoms with Crippen LogP contribution in [-0.4, -0.2) is 33.1 Å². The van der Waals surface area contributed by atoms with Gasteiger partial charge in [0.15, 0.2) is 0 Å². The second-order valence-electron chi connectivity index (χ2n) is 7.01. The number of carboxylic acid groups (broad SMARTS) is 1. The molecule has 1 aromatic carbocycles. The molecule has 0 spiro atoms. The van der Waals surface area contributed by atoms with Gasteiger partial charge in [0.2, 0.25) is 11.8 Å². The maximum Gasteiger partial charge on any atom is 0.416 e. The average molecular weight is 461 g/mol. The molecule has 2 aromatic heterocycles. The highest BCUT2D eigenvalue weighted by atomic mass is 19.4. The number of hydrogen-bond acceptors (Lipinski definition) is 6. The molecule has 0 saturated carbocycles. The Bertz CT molecular complexity index is 1150. The molecule has 0 radical (unpaired) electrons. The highest BCUT2D eigenvalue weighted by Crippen LogP contribution is 2.31. The predicted octanol–water partition coefficient (Wildman–Crippen LogP) is 5.03. The smallest absolute Gasteiger partial charge is 0.416 e. The molecule has 33 heavy (non-hydrogen) atoms. The van der Waals surface area contributed by atoms with Gasteiger partial charge in [0.25, 0.3) is 5.91 Å². The molecule has 3 rings (SSSR count). The molecule has 0 atom stereocenters. The Morgan fingerprint density at radius 1 is 1.00 bits per heavy atom. The Morgan fingerprint density at radius 3 is 2.21 bits per heavy atom. The van der Waals surface area contributed by atoms with E-state index in [1.165, 1.54) is 24.3 Å². The molecule has 1 amide bonds. The van der Waals surface area contributed by atoms with E-state index >= 15 is 0 Å². The van der Waals surface area contributed by atoms with Gasteiger partial charge in [-0.25, -0.2) is 9.78 Å². The van der Waals surface area contributed by atoms with Crippen molar-refractivity contribution in [2.24, 2.45) is 0 Å². The summed E-state index contributed by atoms with van der Waals surface area (Å²) in [4.78, 5) is 31.6. The zero-order chi connectivity index (χ0) is 24.2. The van der Waals surface area contributed by atoms with Crippen molar-refractivity contribution in [2.75, 3.05) is 5.32 Å². The number of halogens is 3. The fraction of sp³-hybridized carbons (Fsp3) is 0.182. The van der Waals surface area contributed by atoms with E-state index in [4.69, 9.17) is 14.6 Å². The van der Waals surface area contributed by atoms with Crippen LogP contribution in [0.25, 0.3) is 0 Å². The molecule has 8 nitrogen and oxygen atoms in total. The monoisotopic (exact) mass is 461 g/mol. The Morgan fingerprint density at radius 2 is 1.67 bits per heavy atom. The van der Waals surface area contributed by atoms with Crippen LogP contribution < -0.4 is 14.8 Å². The third-order valence-electron chi connectivity index (χ3n) is 4.05. The first-order chi connectivity index (χ1) is 15.5. The molecule has 172 valence electrons. The number of benzene rings is 1. The summed E-state index contributed by atoms with van der Waals surface area (Å²) in [6.07, 6.45) is -3.67. The van der Waals surface area contributed by atoms with Gasteiger partial charge in [-0.05, 0) is 50.2 Å². The van der Waals surface area contributed by atoms with Gasteiger partial charge < -0.3 is 19.9 Å². The topological polar surface area (TPSA) is 111 Å². The Balaban J connectivity index is 1.84. The van der Waals surface area contributed by atoms with Crippen LogP contribution in [0.3, 0.4) is 0 Å². The molecule has 2 heterocycles. The normalized spacial score (nSPS) is 11.2. The number of pyridine rings is 2. The van der Waals surface area contributed by atoms with Crippen LogP contribution in [0.5, 0.6) is 17.5 Å². The number of ether oxygens (including phenoxy) is 2. The molecule has 0 aliphatic heterocycles. The van der Waals surface area contributed by atoms with Crippen LogP contribution in [0.1, 0.15) is 40.1 Å². The van der Waals surface area contributed by atoms with Gasteiger partial charge in [0.05, 0.1) is 22.8 Å². The molecule has 0 unspecified atom stereocenters. The largest absolute Gasteiger partial charge is 0.478 e. The Labute approximate surface area is 186 Å². The van der Waals surface area contributed by atoms with Crippen LogP contribution in [0.15, 0.2) is 54.7 Å². The van der Waals surface area contributed by atoms with E-state index in [1.54, 1.807) is 13.8 Å². The number of anilines is 1. The molecule has 0 saturated heterocycles. The minimum atomic E-state index is -4.48. The lowest BCUT2D eigenvalue weighted by Gasteiger charge is -2.13. The molecule has 11 heteroatoms. The second-order valence-corrected chi connectivity index (χ2v) is 7.01. The average Bonchev–Trinajstić information content (AvgIpc) is 2.73. The number of nitrogens with one attached hydrogen (secondary N) is 1. The highest BCUT2D eigenvalue weighted by Gasteiger charge is 2.30. The lowest BCUT2D eigenvalue weighted by molar-refractivity contribution is -0.137. The predicted molar refractivity (Wildman–Crippen MR) is 111 cm³/mol. The van der Waals surface area contributed by atoms with Crippen molar-refractivity contribution in [2.45, 2.75) is 26.1 Å². The summed E-state index contributed by atoms with van der Waals surface area (Å²) < 4.78 is 49.3. The number of carbonyl (C=O) groups is 2. The van der Waals surface area contributed by atoms with E-state index in [9.17, 15) is 22.8 Å².